The van der Waals surface area contributed by atoms with E-state index in [1.165, 1.54) is 0 Å². The Labute approximate surface area is 83.7 Å². The summed E-state index contributed by atoms with van der Waals surface area (Å²) in [6.45, 7) is 0.777. The van der Waals surface area contributed by atoms with Crippen LogP contribution >= 0.6 is 0 Å². The Morgan fingerprint density at radius 3 is 3.36 bits per heavy atom. The van der Waals surface area contributed by atoms with Gasteiger partial charge in [-0.05, 0) is 18.9 Å². The van der Waals surface area contributed by atoms with Crippen LogP contribution in [0.4, 0.5) is 0 Å². The molecule has 0 radical (unpaired) electrons. The SMILES string of the molecule is C1=CCC2CC3C=CCN=C3OC2=C1. The minimum absolute atomic E-state index is 0.428. The third kappa shape index (κ3) is 1.22. The fraction of sp³-hybridized carbons (Fsp3) is 0.417. The first kappa shape index (κ1) is 8.04. The maximum atomic E-state index is 5.80. The molecule has 1 aliphatic carbocycles. The van der Waals surface area contributed by atoms with Crippen molar-refractivity contribution in [3.05, 3.63) is 36.1 Å². The quantitative estimate of drug-likeness (QED) is 0.534. The van der Waals surface area contributed by atoms with Crippen molar-refractivity contribution in [2.45, 2.75) is 12.8 Å². The van der Waals surface area contributed by atoms with E-state index in [1.54, 1.807) is 0 Å². The summed E-state index contributed by atoms with van der Waals surface area (Å²) in [7, 11) is 0. The molecule has 0 aromatic rings. The van der Waals surface area contributed by atoms with Gasteiger partial charge in [-0.25, -0.2) is 0 Å². The first-order valence-electron chi connectivity index (χ1n) is 5.19. The van der Waals surface area contributed by atoms with Crippen LogP contribution in [0.5, 0.6) is 0 Å². The summed E-state index contributed by atoms with van der Waals surface area (Å²) in [6.07, 6.45) is 13.0. The minimum atomic E-state index is 0.428. The van der Waals surface area contributed by atoms with Crippen LogP contribution in [0.1, 0.15) is 12.8 Å². The molecule has 0 saturated carbocycles. The van der Waals surface area contributed by atoms with Crippen molar-refractivity contribution in [3.63, 3.8) is 0 Å². The van der Waals surface area contributed by atoms with E-state index in [4.69, 9.17) is 4.74 Å². The van der Waals surface area contributed by atoms with Gasteiger partial charge in [0.1, 0.15) is 5.76 Å². The van der Waals surface area contributed by atoms with E-state index < -0.39 is 0 Å². The molecular weight excluding hydrogens is 174 g/mol. The molecule has 0 spiro atoms. The molecule has 2 heterocycles. The van der Waals surface area contributed by atoms with Gasteiger partial charge in [-0.15, -0.1) is 0 Å². The van der Waals surface area contributed by atoms with E-state index in [9.17, 15) is 0 Å². The highest BCUT2D eigenvalue weighted by molar-refractivity contribution is 5.83. The second-order valence-electron chi connectivity index (χ2n) is 3.98. The summed E-state index contributed by atoms with van der Waals surface area (Å²) in [5.74, 6) is 3.03. The Morgan fingerprint density at radius 1 is 1.36 bits per heavy atom. The van der Waals surface area contributed by atoms with Gasteiger partial charge in [-0.3, -0.25) is 4.99 Å². The first-order valence-corrected chi connectivity index (χ1v) is 5.19. The Kier molecular flexibility index (Phi) is 1.79. The van der Waals surface area contributed by atoms with Crippen molar-refractivity contribution in [2.24, 2.45) is 16.8 Å². The number of rotatable bonds is 0. The fourth-order valence-corrected chi connectivity index (χ4v) is 2.27. The van der Waals surface area contributed by atoms with E-state index in [0.717, 1.165) is 31.0 Å². The number of fused-ring (bicyclic) bond motifs is 2. The number of dihydropyridines is 1. The highest BCUT2D eigenvalue weighted by Crippen LogP contribution is 2.35. The van der Waals surface area contributed by atoms with Gasteiger partial charge in [-0.2, -0.15) is 0 Å². The van der Waals surface area contributed by atoms with Crippen LogP contribution in [-0.2, 0) is 4.74 Å². The monoisotopic (exact) mass is 187 g/mol. The van der Waals surface area contributed by atoms with Crippen LogP contribution in [0.25, 0.3) is 0 Å². The van der Waals surface area contributed by atoms with E-state index >= 15 is 0 Å². The average molecular weight is 187 g/mol. The number of nitrogens with zero attached hydrogens (tertiary/aromatic N) is 1. The van der Waals surface area contributed by atoms with Crippen molar-refractivity contribution >= 4 is 5.90 Å². The van der Waals surface area contributed by atoms with Crippen LogP contribution < -0.4 is 0 Å². The summed E-state index contributed by atoms with van der Waals surface area (Å²) >= 11 is 0. The standard InChI is InChI=1S/C12H13NO/c1-2-6-11-9(4-1)8-10-5-3-7-13-12(10)14-11/h1-3,5-6,9-10H,4,7-8H2. The van der Waals surface area contributed by atoms with Gasteiger partial charge in [0.15, 0.2) is 5.90 Å². The van der Waals surface area contributed by atoms with E-state index in [-0.39, 0.29) is 0 Å². The molecule has 2 nitrogen and oxygen atoms in total. The topological polar surface area (TPSA) is 21.6 Å². The van der Waals surface area contributed by atoms with Gasteiger partial charge in [0.2, 0.25) is 0 Å². The van der Waals surface area contributed by atoms with Gasteiger partial charge in [0, 0.05) is 5.92 Å². The lowest BCUT2D eigenvalue weighted by molar-refractivity contribution is 0.256. The van der Waals surface area contributed by atoms with Crippen LogP contribution in [0.2, 0.25) is 0 Å². The predicted octanol–water partition coefficient (Wildman–Crippen LogP) is 2.45. The second kappa shape index (κ2) is 3.12. The molecule has 1 fully saturated rings. The summed E-state index contributed by atoms with van der Waals surface area (Å²) in [5, 5.41) is 0. The zero-order valence-corrected chi connectivity index (χ0v) is 8.02. The smallest absolute Gasteiger partial charge is 0.196 e. The zero-order chi connectivity index (χ0) is 9.38. The van der Waals surface area contributed by atoms with Gasteiger partial charge in [0.05, 0.1) is 12.5 Å². The summed E-state index contributed by atoms with van der Waals surface area (Å²) in [4.78, 5) is 4.39. The van der Waals surface area contributed by atoms with E-state index in [2.05, 4.69) is 35.4 Å². The first-order chi connectivity index (χ1) is 6.93. The molecule has 0 bridgehead atoms. The number of ether oxygens (including phenoxy) is 1. The van der Waals surface area contributed by atoms with Gasteiger partial charge >= 0.3 is 0 Å². The van der Waals surface area contributed by atoms with Gasteiger partial charge < -0.3 is 4.74 Å². The number of hydrogen-bond donors (Lipinski definition) is 0. The molecule has 0 amide bonds. The number of hydrogen-bond acceptors (Lipinski definition) is 2. The largest absolute Gasteiger partial charge is 0.447 e. The molecular formula is C12H13NO. The Morgan fingerprint density at radius 2 is 2.36 bits per heavy atom. The number of allylic oxidation sites excluding steroid dienone is 4. The van der Waals surface area contributed by atoms with Crippen LogP contribution in [0.3, 0.4) is 0 Å². The minimum Gasteiger partial charge on any atom is -0.447 e. The van der Waals surface area contributed by atoms with Crippen LogP contribution in [0, 0.1) is 11.8 Å². The molecule has 2 unspecified atom stereocenters. The van der Waals surface area contributed by atoms with Crippen molar-refractivity contribution in [1.82, 2.24) is 0 Å². The molecule has 72 valence electrons. The van der Waals surface area contributed by atoms with Gasteiger partial charge in [0.25, 0.3) is 0 Å². The summed E-state index contributed by atoms with van der Waals surface area (Å²) in [5.41, 5.74) is 0. The molecule has 0 aromatic carbocycles. The fourth-order valence-electron chi connectivity index (χ4n) is 2.27. The predicted molar refractivity (Wildman–Crippen MR) is 56.0 cm³/mol. The van der Waals surface area contributed by atoms with E-state index in [1.807, 2.05) is 0 Å². The normalized spacial score (nSPS) is 33.7. The molecule has 3 aliphatic rings. The average Bonchev–Trinajstić information content (AvgIpc) is 2.26. The van der Waals surface area contributed by atoms with E-state index in [0.29, 0.717) is 11.8 Å². The third-order valence-corrected chi connectivity index (χ3v) is 3.02. The zero-order valence-electron chi connectivity index (χ0n) is 8.02. The molecule has 2 aliphatic heterocycles. The Hall–Kier alpha value is -1.31. The summed E-state index contributed by atoms with van der Waals surface area (Å²) < 4.78 is 5.80. The second-order valence-corrected chi connectivity index (χ2v) is 3.98. The third-order valence-electron chi connectivity index (χ3n) is 3.02. The number of aliphatic imine (C=N–C) groups is 1. The van der Waals surface area contributed by atoms with Crippen molar-refractivity contribution < 1.29 is 4.74 Å². The maximum absolute atomic E-state index is 5.80. The Balaban J connectivity index is 1.89. The van der Waals surface area contributed by atoms with Crippen molar-refractivity contribution in [3.8, 4) is 0 Å². The lowest BCUT2D eigenvalue weighted by Gasteiger charge is -2.33. The lowest BCUT2D eigenvalue weighted by atomic mass is 9.85. The lowest BCUT2D eigenvalue weighted by Crippen LogP contribution is -2.30. The highest BCUT2D eigenvalue weighted by atomic mass is 16.5. The molecule has 3 rings (SSSR count). The summed E-state index contributed by atoms with van der Waals surface area (Å²) in [6, 6.07) is 0. The molecule has 2 heteroatoms. The van der Waals surface area contributed by atoms with Gasteiger partial charge in [-0.1, -0.05) is 24.3 Å². The molecule has 0 N–H and O–H groups in total. The highest BCUT2D eigenvalue weighted by Gasteiger charge is 2.31. The molecule has 1 saturated heterocycles. The van der Waals surface area contributed by atoms with Crippen molar-refractivity contribution in [2.75, 3.05) is 6.54 Å². The van der Waals surface area contributed by atoms with Crippen LogP contribution in [-0.4, -0.2) is 12.4 Å². The molecule has 0 aromatic heterocycles. The van der Waals surface area contributed by atoms with Crippen molar-refractivity contribution in [1.29, 1.82) is 0 Å². The molecule has 14 heavy (non-hydrogen) atoms. The molecule has 2 atom stereocenters. The Bertz CT molecular complexity index is 363. The maximum Gasteiger partial charge on any atom is 0.196 e. The van der Waals surface area contributed by atoms with Crippen LogP contribution in [0.15, 0.2) is 41.1 Å².